The lowest BCUT2D eigenvalue weighted by atomic mass is 10.2. The van der Waals surface area contributed by atoms with Crippen LogP contribution in [0.3, 0.4) is 0 Å². The van der Waals surface area contributed by atoms with Crippen LogP contribution in [0.15, 0.2) is 53.4 Å². The maximum Gasteiger partial charge on any atom is 0.416 e. The molecule has 0 atom stereocenters. The average molecular weight is 491 g/mol. The zero-order chi connectivity index (χ0) is 23.0. The van der Waals surface area contributed by atoms with Gasteiger partial charge in [-0.25, -0.2) is 14.6 Å². The van der Waals surface area contributed by atoms with Crippen molar-refractivity contribution >= 4 is 33.7 Å². The molecule has 0 unspecified atom stereocenters. The molecule has 0 aliphatic carbocycles. The van der Waals surface area contributed by atoms with E-state index < -0.39 is 11.7 Å². The molecule has 0 radical (unpaired) electrons. The number of nitrogens with zero attached hydrogens (tertiary/aromatic N) is 6. The summed E-state index contributed by atoms with van der Waals surface area (Å²) in [5, 5.41) is 8.98. The molecule has 1 aromatic carbocycles. The van der Waals surface area contributed by atoms with Crippen LogP contribution in [0.25, 0.3) is 16.4 Å². The van der Waals surface area contributed by atoms with E-state index in [1.807, 2.05) is 16.8 Å². The minimum atomic E-state index is -4.49. The van der Waals surface area contributed by atoms with E-state index in [2.05, 4.69) is 20.0 Å². The summed E-state index contributed by atoms with van der Waals surface area (Å²) >= 11 is 2.92. The monoisotopic (exact) mass is 490 g/mol. The first-order valence-corrected chi connectivity index (χ1v) is 11.8. The number of alkyl halides is 3. The second kappa shape index (κ2) is 8.60. The Morgan fingerprint density at radius 2 is 1.82 bits per heavy atom. The van der Waals surface area contributed by atoms with E-state index in [4.69, 9.17) is 0 Å². The molecule has 1 amide bonds. The maximum atomic E-state index is 13.3. The molecule has 12 heteroatoms. The highest BCUT2D eigenvalue weighted by molar-refractivity contribution is 7.13. The van der Waals surface area contributed by atoms with Crippen LogP contribution < -0.4 is 4.90 Å². The lowest BCUT2D eigenvalue weighted by Gasteiger charge is -2.33. The normalized spacial score (nSPS) is 14.6. The van der Waals surface area contributed by atoms with E-state index in [-0.39, 0.29) is 17.4 Å². The molecule has 4 heterocycles. The Morgan fingerprint density at radius 3 is 2.48 bits per heavy atom. The summed E-state index contributed by atoms with van der Waals surface area (Å²) in [6.07, 6.45) is -2.75. The molecule has 1 aliphatic heterocycles. The molecule has 4 aromatic rings. The fraction of sp³-hybridized carbons (Fsp3) is 0.238. The molecule has 5 rings (SSSR count). The van der Waals surface area contributed by atoms with Crippen LogP contribution in [-0.4, -0.2) is 56.7 Å². The van der Waals surface area contributed by atoms with Crippen molar-refractivity contribution in [3.8, 4) is 16.4 Å². The van der Waals surface area contributed by atoms with Crippen LogP contribution in [0, 0.1) is 0 Å². The van der Waals surface area contributed by atoms with Gasteiger partial charge in [0.1, 0.15) is 0 Å². The maximum absolute atomic E-state index is 13.3. The topological polar surface area (TPSA) is 67.2 Å². The van der Waals surface area contributed by atoms with Gasteiger partial charge in [-0.2, -0.15) is 13.2 Å². The quantitative estimate of drug-likeness (QED) is 0.423. The third-order valence-electron chi connectivity index (χ3n) is 5.21. The van der Waals surface area contributed by atoms with Gasteiger partial charge >= 0.3 is 6.18 Å². The zero-order valence-corrected chi connectivity index (χ0v) is 18.7. The van der Waals surface area contributed by atoms with E-state index in [1.54, 1.807) is 28.5 Å². The van der Waals surface area contributed by atoms with Gasteiger partial charge in [-0.3, -0.25) is 4.79 Å². The number of rotatable bonds is 4. The number of benzene rings is 1. The molecule has 1 aliphatic rings. The van der Waals surface area contributed by atoms with Gasteiger partial charge in [0.15, 0.2) is 11.0 Å². The van der Waals surface area contributed by atoms with Crippen LogP contribution >= 0.6 is 22.7 Å². The first kappa shape index (κ1) is 21.6. The third kappa shape index (κ3) is 4.35. The smallest absolute Gasteiger partial charge is 0.345 e. The number of amides is 1. The van der Waals surface area contributed by atoms with Crippen LogP contribution in [0.4, 0.5) is 18.3 Å². The van der Waals surface area contributed by atoms with Crippen molar-refractivity contribution in [3.63, 3.8) is 0 Å². The highest BCUT2D eigenvalue weighted by Gasteiger charge is 2.32. The lowest BCUT2D eigenvalue weighted by molar-refractivity contribution is -0.137. The number of anilines is 1. The fourth-order valence-corrected chi connectivity index (χ4v) is 4.97. The van der Waals surface area contributed by atoms with Crippen molar-refractivity contribution < 1.29 is 18.0 Å². The van der Waals surface area contributed by atoms with Crippen molar-refractivity contribution in [1.82, 2.24) is 24.6 Å². The number of hydrogen-bond donors (Lipinski definition) is 0. The Morgan fingerprint density at radius 1 is 1.00 bits per heavy atom. The number of halogens is 3. The second-order valence-corrected chi connectivity index (χ2v) is 9.11. The highest BCUT2D eigenvalue weighted by atomic mass is 32.1. The van der Waals surface area contributed by atoms with Gasteiger partial charge < -0.3 is 9.80 Å². The summed E-state index contributed by atoms with van der Waals surface area (Å²) in [4.78, 5) is 26.4. The van der Waals surface area contributed by atoms with E-state index in [0.717, 1.165) is 17.3 Å². The minimum absolute atomic E-state index is 0.0430. The number of piperazine rings is 1. The first-order chi connectivity index (χ1) is 15.9. The van der Waals surface area contributed by atoms with Crippen molar-refractivity contribution in [2.24, 2.45) is 0 Å². The molecule has 7 nitrogen and oxygen atoms in total. The van der Waals surface area contributed by atoms with Gasteiger partial charge in [0.25, 0.3) is 5.91 Å². The molecular formula is C21H17F3N6OS2. The molecule has 0 bridgehead atoms. The Hall–Kier alpha value is -3.25. The van der Waals surface area contributed by atoms with Gasteiger partial charge in [-0.1, -0.05) is 12.1 Å². The number of carbonyl (C=O) groups is 1. The number of aromatic nitrogens is 4. The molecular weight excluding hydrogens is 473 g/mol. The SMILES string of the molecule is O=C(c1nc(-c2cccs2)n(-c2cccc(C(F)(F)F)c2)n1)N1CCN(c2nccs2)CC1. The van der Waals surface area contributed by atoms with Gasteiger partial charge in [-0.05, 0) is 29.6 Å². The summed E-state index contributed by atoms with van der Waals surface area (Å²) in [7, 11) is 0. The molecule has 170 valence electrons. The molecule has 1 fully saturated rings. The fourth-order valence-electron chi connectivity index (χ4n) is 3.58. The Labute approximate surface area is 194 Å². The summed E-state index contributed by atoms with van der Waals surface area (Å²) in [5.74, 6) is -0.0649. The van der Waals surface area contributed by atoms with E-state index in [9.17, 15) is 18.0 Å². The lowest BCUT2D eigenvalue weighted by Crippen LogP contribution is -2.49. The van der Waals surface area contributed by atoms with Gasteiger partial charge in [0.2, 0.25) is 5.82 Å². The highest BCUT2D eigenvalue weighted by Crippen LogP contribution is 2.32. The molecule has 0 saturated carbocycles. The Kier molecular flexibility index (Phi) is 5.62. The van der Waals surface area contributed by atoms with Crippen molar-refractivity contribution in [3.05, 3.63) is 64.7 Å². The second-order valence-electron chi connectivity index (χ2n) is 7.29. The summed E-state index contributed by atoms with van der Waals surface area (Å²) in [6.45, 7) is 2.21. The van der Waals surface area contributed by atoms with Crippen molar-refractivity contribution in [1.29, 1.82) is 0 Å². The number of thiophene rings is 1. The molecule has 1 saturated heterocycles. The number of thiazole rings is 1. The van der Waals surface area contributed by atoms with Crippen LogP contribution in [0.2, 0.25) is 0 Å². The summed E-state index contributed by atoms with van der Waals surface area (Å²) in [5.41, 5.74) is -0.604. The number of carbonyl (C=O) groups excluding carboxylic acids is 1. The molecule has 0 spiro atoms. The van der Waals surface area contributed by atoms with Gasteiger partial charge in [0.05, 0.1) is 16.1 Å². The average Bonchev–Trinajstić information content (AvgIpc) is 3.59. The predicted molar refractivity (Wildman–Crippen MR) is 120 cm³/mol. The minimum Gasteiger partial charge on any atom is -0.345 e. The molecule has 33 heavy (non-hydrogen) atoms. The van der Waals surface area contributed by atoms with Gasteiger partial charge in [0, 0.05) is 37.8 Å². The molecule has 3 aromatic heterocycles. The van der Waals surface area contributed by atoms with E-state index in [0.29, 0.717) is 36.9 Å². The van der Waals surface area contributed by atoms with E-state index in [1.165, 1.54) is 28.2 Å². The standard InChI is InChI=1S/C21H17F3N6OS2/c22-21(23,24)14-3-1-4-15(13-14)30-18(16-5-2-11-32-16)26-17(27-30)19(31)28-7-9-29(10-8-28)20-25-6-12-33-20/h1-6,11-13H,7-10H2. The van der Waals surface area contributed by atoms with E-state index >= 15 is 0 Å². The Bertz CT molecular complexity index is 1250. The first-order valence-electron chi connectivity index (χ1n) is 10.0. The Balaban J connectivity index is 1.44. The summed E-state index contributed by atoms with van der Waals surface area (Å²) in [6, 6.07) is 8.44. The molecule has 0 N–H and O–H groups in total. The van der Waals surface area contributed by atoms with Crippen LogP contribution in [0.1, 0.15) is 16.2 Å². The zero-order valence-electron chi connectivity index (χ0n) is 17.1. The van der Waals surface area contributed by atoms with Crippen LogP contribution in [-0.2, 0) is 6.18 Å². The largest absolute Gasteiger partial charge is 0.416 e. The van der Waals surface area contributed by atoms with Crippen molar-refractivity contribution in [2.45, 2.75) is 6.18 Å². The van der Waals surface area contributed by atoms with Crippen molar-refractivity contribution in [2.75, 3.05) is 31.1 Å². The number of hydrogen-bond acceptors (Lipinski definition) is 7. The van der Waals surface area contributed by atoms with Gasteiger partial charge in [-0.15, -0.1) is 27.8 Å². The summed E-state index contributed by atoms with van der Waals surface area (Å²) < 4.78 is 41.1. The van der Waals surface area contributed by atoms with Crippen LogP contribution in [0.5, 0.6) is 0 Å². The third-order valence-corrected chi connectivity index (χ3v) is 6.91. The predicted octanol–water partition coefficient (Wildman–Crippen LogP) is 4.43.